The standard InChI is InChI=1S/C23H33N3O3S/c1-16-18(5-6-22(24-16)25-13-19-11-20(19)14-25)9-17-10-21(23(27)28)26(12-17)15-29-7-8-30(2,3)4/h5-6,10,12,19-20H,7-9,11,13-15H2,1-4H3,(H,27,28). The minimum absolute atomic E-state index is 0.268. The molecule has 1 saturated heterocycles. The Hall–Kier alpha value is -1.99. The smallest absolute Gasteiger partial charge is 0.352 e. The van der Waals surface area contributed by atoms with Gasteiger partial charge in [0.05, 0.1) is 6.61 Å². The maximum absolute atomic E-state index is 11.7. The highest BCUT2D eigenvalue weighted by molar-refractivity contribution is 8.32. The van der Waals surface area contributed by atoms with E-state index in [2.05, 4.69) is 35.8 Å². The molecule has 6 nitrogen and oxygen atoms in total. The Balaban J connectivity index is 1.41. The molecule has 0 spiro atoms. The van der Waals surface area contributed by atoms with Crippen molar-refractivity contribution in [3.8, 4) is 0 Å². The highest BCUT2D eigenvalue weighted by Crippen LogP contribution is 2.46. The number of aromatic carboxylic acids is 1. The summed E-state index contributed by atoms with van der Waals surface area (Å²) in [6.07, 6.45) is 10.7. The van der Waals surface area contributed by atoms with Gasteiger partial charge in [-0.1, -0.05) is 6.07 Å². The minimum atomic E-state index is -0.927. The lowest BCUT2D eigenvalue weighted by atomic mass is 10.1. The number of carbonyl (C=O) groups is 1. The van der Waals surface area contributed by atoms with Gasteiger partial charge in [-0.15, -0.1) is 0 Å². The van der Waals surface area contributed by atoms with E-state index in [0.717, 1.165) is 53.3 Å². The van der Waals surface area contributed by atoms with Crippen LogP contribution in [0.5, 0.6) is 0 Å². The zero-order valence-electron chi connectivity index (χ0n) is 18.4. The summed E-state index contributed by atoms with van der Waals surface area (Å²) < 4.78 is 7.46. The summed E-state index contributed by atoms with van der Waals surface area (Å²) in [6.45, 7) is 5.23. The number of carboxylic acid groups (broad SMARTS) is 1. The van der Waals surface area contributed by atoms with Crippen molar-refractivity contribution in [1.82, 2.24) is 9.55 Å². The first-order valence-electron chi connectivity index (χ1n) is 10.6. The lowest BCUT2D eigenvalue weighted by Gasteiger charge is -2.24. The third-order valence-corrected chi connectivity index (χ3v) is 7.51. The van der Waals surface area contributed by atoms with Gasteiger partial charge in [0, 0.05) is 37.2 Å². The molecule has 164 valence electrons. The molecule has 2 aromatic heterocycles. The quantitative estimate of drug-likeness (QED) is 0.615. The van der Waals surface area contributed by atoms with E-state index >= 15 is 0 Å². The summed E-state index contributed by atoms with van der Waals surface area (Å²) in [4.78, 5) is 18.9. The zero-order chi connectivity index (χ0) is 21.5. The maximum Gasteiger partial charge on any atom is 0.352 e. The second kappa shape index (κ2) is 8.27. The molecule has 1 saturated carbocycles. The van der Waals surface area contributed by atoms with Crippen LogP contribution in [0.1, 0.15) is 33.7 Å². The SMILES string of the molecule is Cc1nc(N2CC3CC3C2)ccc1Cc1cc(C(=O)O)n(COCCS(C)(C)C)c1. The summed E-state index contributed by atoms with van der Waals surface area (Å²) in [7, 11) is -0.617. The predicted molar refractivity (Wildman–Crippen MR) is 123 cm³/mol. The number of hydrogen-bond donors (Lipinski definition) is 1. The Bertz CT molecular complexity index is 924. The molecular weight excluding hydrogens is 398 g/mol. The number of fused-ring (bicyclic) bond motifs is 1. The number of piperidine rings is 1. The summed E-state index contributed by atoms with van der Waals surface area (Å²) in [6, 6.07) is 6.00. The van der Waals surface area contributed by atoms with Crippen molar-refractivity contribution < 1.29 is 14.6 Å². The molecule has 2 fully saturated rings. The predicted octanol–water partition coefficient (Wildman–Crippen LogP) is 3.60. The monoisotopic (exact) mass is 431 g/mol. The number of rotatable bonds is 9. The van der Waals surface area contributed by atoms with Gasteiger partial charge in [-0.3, -0.25) is 0 Å². The van der Waals surface area contributed by atoms with E-state index in [1.807, 2.05) is 13.1 Å². The topological polar surface area (TPSA) is 67.6 Å². The molecule has 0 amide bonds. The first kappa shape index (κ1) is 21.2. The van der Waals surface area contributed by atoms with Gasteiger partial charge in [-0.25, -0.2) is 19.8 Å². The Kier molecular flexibility index (Phi) is 5.86. The fraction of sp³-hybridized carbons (Fsp3) is 0.565. The summed E-state index contributed by atoms with van der Waals surface area (Å²) in [5.74, 6) is 2.92. The summed E-state index contributed by atoms with van der Waals surface area (Å²) in [5, 5.41) is 9.58. The van der Waals surface area contributed by atoms with E-state index < -0.39 is 16.0 Å². The van der Waals surface area contributed by atoms with Crippen molar-refractivity contribution in [1.29, 1.82) is 0 Å². The van der Waals surface area contributed by atoms with Gasteiger partial charge in [0.2, 0.25) is 0 Å². The molecule has 0 bridgehead atoms. The van der Waals surface area contributed by atoms with Crippen LogP contribution in [0.2, 0.25) is 0 Å². The lowest BCUT2D eigenvalue weighted by molar-refractivity contribution is 0.0627. The van der Waals surface area contributed by atoms with E-state index in [0.29, 0.717) is 13.0 Å². The van der Waals surface area contributed by atoms with Crippen LogP contribution >= 0.6 is 10.0 Å². The molecule has 1 aliphatic carbocycles. The van der Waals surface area contributed by atoms with Crippen molar-refractivity contribution in [2.75, 3.05) is 49.1 Å². The minimum Gasteiger partial charge on any atom is -0.477 e. The first-order valence-corrected chi connectivity index (χ1v) is 13.6. The van der Waals surface area contributed by atoms with Gasteiger partial charge in [-0.2, -0.15) is 0 Å². The van der Waals surface area contributed by atoms with Crippen molar-refractivity contribution in [2.45, 2.75) is 26.5 Å². The Morgan fingerprint density at radius 2 is 2.00 bits per heavy atom. The number of ether oxygens (including phenoxy) is 1. The van der Waals surface area contributed by atoms with Crippen LogP contribution in [0.4, 0.5) is 5.82 Å². The number of hydrogen-bond acceptors (Lipinski definition) is 4. The van der Waals surface area contributed by atoms with Gasteiger partial charge in [0.25, 0.3) is 0 Å². The molecule has 30 heavy (non-hydrogen) atoms. The van der Waals surface area contributed by atoms with Crippen LogP contribution in [0, 0.1) is 18.8 Å². The van der Waals surface area contributed by atoms with Crippen LogP contribution in [0.3, 0.4) is 0 Å². The molecule has 2 aromatic rings. The maximum atomic E-state index is 11.7. The molecule has 1 N–H and O–H groups in total. The highest BCUT2D eigenvalue weighted by Gasteiger charge is 2.45. The molecule has 2 atom stereocenters. The zero-order valence-corrected chi connectivity index (χ0v) is 19.2. The molecule has 0 radical (unpaired) electrons. The number of aryl methyl sites for hydroxylation is 1. The number of anilines is 1. The van der Waals surface area contributed by atoms with Crippen molar-refractivity contribution in [2.24, 2.45) is 11.8 Å². The first-order chi connectivity index (χ1) is 14.2. The van der Waals surface area contributed by atoms with Gasteiger partial charge in [-0.05, 0) is 67.2 Å². The summed E-state index contributed by atoms with van der Waals surface area (Å²) >= 11 is 0. The largest absolute Gasteiger partial charge is 0.477 e. The Morgan fingerprint density at radius 1 is 1.27 bits per heavy atom. The second-order valence-corrected chi connectivity index (χ2v) is 14.2. The molecule has 2 aliphatic rings. The fourth-order valence-electron chi connectivity index (χ4n) is 4.17. The van der Waals surface area contributed by atoms with Crippen LogP contribution in [0.15, 0.2) is 24.4 Å². The average molecular weight is 432 g/mol. The van der Waals surface area contributed by atoms with Crippen molar-refractivity contribution in [3.05, 3.63) is 46.9 Å². The molecule has 3 heterocycles. The van der Waals surface area contributed by atoms with Gasteiger partial charge >= 0.3 is 5.97 Å². The molecule has 4 rings (SSSR count). The van der Waals surface area contributed by atoms with Gasteiger partial charge in [0.1, 0.15) is 18.2 Å². The molecule has 2 unspecified atom stereocenters. The van der Waals surface area contributed by atoms with E-state index in [-0.39, 0.29) is 12.4 Å². The Morgan fingerprint density at radius 3 is 2.63 bits per heavy atom. The molecular formula is C23H33N3O3S. The van der Waals surface area contributed by atoms with Gasteiger partial charge < -0.3 is 19.3 Å². The van der Waals surface area contributed by atoms with E-state index in [1.54, 1.807) is 10.6 Å². The van der Waals surface area contributed by atoms with Gasteiger partial charge in [0.15, 0.2) is 0 Å². The summed E-state index contributed by atoms with van der Waals surface area (Å²) in [5.41, 5.74) is 3.39. The molecule has 0 aromatic carbocycles. The van der Waals surface area contributed by atoms with Crippen molar-refractivity contribution in [3.63, 3.8) is 0 Å². The van der Waals surface area contributed by atoms with E-state index in [1.165, 1.54) is 6.42 Å². The molecule has 1 aliphatic heterocycles. The van der Waals surface area contributed by atoms with Crippen molar-refractivity contribution >= 4 is 21.8 Å². The fourth-order valence-corrected chi connectivity index (χ4v) is 4.79. The number of aromatic nitrogens is 2. The number of carboxylic acids is 1. The van der Waals surface area contributed by atoms with Crippen LogP contribution in [-0.4, -0.2) is 64.8 Å². The van der Waals surface area contributed by atoms with E-state index in [9.17, 15) is 9.90 Å². The lowest BCUT2D eigenvalue weighted by Crippen LogP contribution is -2.23. The number of pyridine rings is 1. The van der Waals surface area contributed by atoms with Crippen LogP contribution in [-0.2, 0) is 17.9 Å². The van der Waals surface area contributed by atoms with Crippen LogP contribution < -0.4 is 4.90 Å². The number of nitrogens with zero attached hydrogens (tertiary/aromatic N) is 3. The molecule has 7 heteroatoms. The van der Waals surface area contributed by atoms with Crippen LogP contribution in [0.25, 0.3) is 0 Å². The second-order valence-electron chi connectivity index (χ2n) is 9.59. The average Bonchev–Trinajstić information content (AvgIpc) is 3.08. The third-order valence-electron chi connectivity index (χ3n) is 6.12. The normalized spacial score (nSPS) is 21.0. The highest BCUT2D eigenvalue weighted by atomic mass is 32.3. The van der Waals surface area contributed by atoms with E-state index in [4.69, 9.17) is 9.72 Å². The Labute approximate surface area is 180 Å². The third kappa shape index (κ3) is 5.01.